The van der Waals surface area contributed by atoms with Gasteiger partial charge < -0.3 is 10.1 Å². The number of esters is 1. The van der Waals surface area contributed by atoms with E-state index >= 15 is 0 Å². The minimum absolute atomic E-state index is 0.0128. The van der Waals surface area contributed by atoms with Crippen LogP contribution in [-0.4, -0.2) is 39.5 Å². The first-order valence-corrected chi connectivity index (χ1v) is 9.45. The second kappa shape index (κ2) is 7.96. The Morgan fingerprint density at radius 1 is 1.33 bits per heavy atom. The van der Waals surface area contributed by atoms with Crippen LogP contribution in [0.1, 0.15) is 36.5 Å². The quantitative estimate of drug-likeness (QED) is 0.671. The largest absolute Gasteiger partial charge is 0.452 e. The minimum atomic E-state index is -3.80. The number of nitrogens with one attached hydrogen (secondary N) is 2. The molecule has 0 unspecified atom stereocenters. The van der Waals surface area contributed by atoms with E-state index in [0.717, 1.165) is 25.3 Å². The van der Waals surface area contributed by atoms with Gasteiger partial charge in [0.05, 0.1) is 10.6 Å². The van der Waals surface area contributed by atoms with E-state index in [9.17, 15) is 18.0 Å². The van der Waals surface area contributed by atoms with Gasteiger partial charge in [0, 0.05) is 12.6 Å². The van der Waals surface area contributed by atoms with Gasteiger partial charge in [-0.25, -0.2) is 17.9 Å². The van der Waals surface area contributed by atoms with Gasteiger partial charge in [-0.05, 0) is 37.5 Å². The van der Waals surface area contributed by atoms with Crippen LogP contribution >= 0.6 is 11.6 Å². The minimum Gasteiger partial charge on any atom is -0.452 e. The third kappa shape index (κ3) is 5.19. The van der Waals surface area contributed by atoms with Crippen molar-refractivity contribution >= 4 is 33.5 Å². The number of rotatable bonds is 8. The molecule has 24 heavy (non-hydrogen) atoms. The first-order chi connectivity index (χ1) is 11.3. The predicted molar refractivity (Wildman–Crippen MR) is 88.4 cm³/mol. The van der Waals surface area contributed by atoms with Crippen molar-refractivity contribution in [2.75, 3.05) is 13.2 Å². The molecule has 0 saturated heterocycles. The number of ether oxygens (including phenoxy) is 1. The maximum atomic E-state index is 12.3. The van der Waals surface area contributed by atoms with Crippen molar-refractivity contribution in [3.8, 4) is 0 Å². The first-order valence-electron chi connectivity index (χ1n) is 7.59. The molecule has 1 aromatic carbocycles. The average Bonchev–Trinajstić information content (AvgIpc) is 3.34. The molecule has 0 aromatic heterocycles. The zero-order valence-corrected chi connectivity index (χ0v) is 14.7. The summed E-state index contributed by atoms with van der Waals surface area (Å²) in [7, 11) is -3.80. The van der Waals surface area contributed by atoms with Crippen LogP contribution in [0, 0.1) is 0 Å². The highest BCUT2D eigenvalue weighted by Crippen LogP contribution is 2.27. The van der Waals surface area contributed by atoms with Crippen molar-refractivity contribution in [1.82, 2.24) is 10.0 Å². The van der Waals surface area contributed by atoms with Crippen LogP contribution in [0.3, 0.4) is 0 Å². The Hall–Kier alpha value is -1.64. The Morgan fingerprint density at radius 2 is 2.04 bits per heavy atom. The zero-order valence-electron chi connectivity index (χ0n) is 13.2. The van der Waals surface area contributed by atoms with Crippen molar-refractivity contribution < 1.29 is 22.7 Å². The van der Waals surface area contributed by atoms with E-state index in [1.54, 1.807) is 0 Å². The molecule has 0 aliphatic heterocycles. The molecule has 1 saturated carbocycles. The molecule has 1 aliphatic carbocycles. The van der Waals surface area contributed by atoms with E-state index in [4.69, 9.17) is 16.3 Å². The van der Waals surface area contributed by atoms with Gasteiger partial charge in [0.15, 0.2) is 6.61 Å². The second-order valence-corrected chi connectivity index (χ2v) is 7.56. The lowest BCUT2D eigenvalue weighted by Crippen LogP contribution is -2.29. The van der Waals surface area contributed by atoms with E-state index in [0.29, 0.717) is 6.54 Å². The van der Waals surface area contributed by atoms with Gasteiger partial charge in [0.25, 0.3) is 5.91 Å². The highest BCUT2D eigenvalue weighted by molar-refractivity contribution is 7.89. The van der Waals surface area contributed by atoms with Gasteiger partial charge in [-0.2, -0.15) is 0 Å². The van der Waals surface area contributed by atoms with Crippen LogP contribution < -0.4 is 10.0 Å². The SMILES string of the molecule is CCCNC(=O)COC(=O)c1ccc(Cl)c(S(=O)(=O)NC2CC2)c1. The monoisotopic (exact) mass is 374 g/mol. The van der Waals surface area contributed by atoms with Gasteiger partial charge in [-0.15, -0.1) is 0 Å². The molecule has 0 radical (unpaired) electrons. The number of carbonyl (C=O) groups excluding carboxylic acids is 2. The van der Waals surface area contributed by atoms with Crippen LogP contribution in [0.25, 0.3) is 0 Å². The molecule has 0 bridgehead atoms. The molecule has 2 rings (SSSR count). The average molecular weight is 375 g/mol. The molecule has 1 aromatic rings. The molecule has 2 N–H and O–H groups in total. The summed E-state index contributed by atoms with van der Waals surface area (Å²) in [5.74, 6) is -1.21. The maximum Gasteiger partial charge on any atom is 0.338 e. The Kier molecular flexibility index (Phi) is 6.20. The van der Waals surface area contributed by atoms with Crippen LogP contribution in [0.15, 0.2) is 23.1 Å². The fourth-order valence-electron chi connectivity index (χ4n) is 1.85. The van der Waals surface area contributed by atoms with E-state index in [2.05, 4.69) is 10.0 Å². The summed E-state index contributed by atoms with van der Waals surface area (Å²) in [6.45, 7) is 1.97. The third-order valence-electron chi connectivity index (χ3n) is 3.26. The number of sulfonamides is 1. The van der Waals surface area contributed by atoms with Crippen molar-refractivity contribution in [2.45, 2.75) is 37.1 Å². The highest BCUT2D eigenvalue weighted by atomic mass is 35.5. The summed E-state index contributed by atoms with van der Waals surface area (Å²) in [5, 5.41) is 2.58. The highest BCUT2D eigenvalue weighted by Gasteiger charge is 2.29. The third-order valence-corrected chi connectivity index (χ3v) is 5.26. The molecule has 9 heteroatoms. The van der Waals surface area contributed by atoms with E-state index in [1.807, 2.05) is 6.92 Å². The Labute approximate surface area is 145 Å². The Balaban J connectivity index is 2.06. The lowest BCUT2D eigenvalue weighted by atomic mass is 10.2. The number of carbonyl (C=O) groups is 2. The summed E-state index contributed by atoms with van der Waals surface area (Å²) < 4.78 is 31.9. The fraction of sp³-hybridized carbons (Fsp3) is 0.467. The van der Waals surface area contributed by atoms with Gasteiger partial charge in [0.2, 0.25) is 10.0 Å². The molecule has 1 aliphatic rings. The van der Waals surface area contributed by atoms with Crippen molar-refractivity contribution in [3.05, 3.63) is 28.8 Å². The molecule has 0 heterocycles. The lowest BCUT2D eigenvalue weighted by molar-refractivity contribution is -0.124. The number of halogens is 1. The van der Waals surface area contributed by atoms with E-state index < -0.39 is 28.5 Å². The molecule has 0 spiro atoms. The zero-order chi connectivity index (χ0) is 17.7. The molecule has 7 nitrogen and oxygen atoms in total. The van der Waals surface area contributed by atoms with Crippen molar-refractivity contribution in [1.29, 1.82) is 0 Å². The number of hydrogen-bond donors (Lipinski definition) is 2. The van der Waals surface area contributed by atoms with Gasteiger partial charge in [0.1, 0.15) is 4.90 Å². The molecular weight excluding hydrogens is 356 g/mol. The molecule has 1 amide bonds. The van der Waals surface area contributed by atoms with E-state index in [1.165, 1.54) is 12.1 Å². The standard InChI is InChI=1S/C15H19ClN2O5S/c1-2-7-17-14(19)9-23-15(20)10-3-6-12(16)13(8-10)24(21,22)18-11-4-5-11/h3,6,8,11,18H,2,4-5,7,9H2,1H3,(H,17,19). The predicted octanol–water partition coefficient (Wildman–Crippen LogP) is 1.46. The smallest absolute Gasteiger partial charge is 0.338 e. The van der Waals surface area contributed by atoms with Gasteiger partial charge in [-0.3, -0.25) is 4.79 Å². The Morgan fingerprint density at radius 3 is 2.67 bits per heavy atom. The lowest BCUT2D eigenvalue weighted by Gasteiger charge is -2.10. The normalized spacial score (nSPS) is 14.2. The topological polar surface area (TPSA) is 102 Å². The molecular formula is C15H19ClN2O5S. The van der Waals surface area contributed by atoms with Gasteiger partial charge in [-0.1, -0.05) is 18.5 Å². The van der Waals surface area contributed by atoms with Gasteiger partial charge >= 0.3 is 5.97 Å². The van der Waals surface area contributed by atoms with Crippen LogP contribution in [-0.2, 0) is 19.6 Å². The fourth-order valence-corrected chi connectivity index (χ4v) is 3.68. The molecule has 0 atom stereocenters. The number of amides is 1. The van der Waals surface area contributed by atoms with Crippen LogP contribution in [0.2, 0.25) is 5.02 Å². The van der Waals surface area contributed by atoms with E-state index in [-0.39, 0.29) is 21.5 Å². The van der Waals surface area contributed by atoms with Crippen molar-refractivity contribution in [2.24, 2.45) is 0 Å². The van der Waals surface area contributed by atoms with Crippen LogP contribution in [0.4, 0.5) is 0 Å². The Bertz CT molecular complexity index is 731. The summed E-state index contributed by atoms with van der Waals surface area (Å²) in [5.41, 5.74) is 0.0128. The van der Waals surface area contributed by atoms with Crippen molar-refractivity contribution in [3.63, 3.8) is 0 Å². The summed E-state index contributed by atoms with van der Waals surface area (Å²) in [6, 6.07) is 3.74. The maximum absolute atomic E-state index is 12.3. The summed E-state index contributed by atoms with van der Waals surface area (Å²) in [6.07, 6.45) is 2.34. The van der Waals surface area contributed by atoms with Crippen LogP contribution in [0.5, 0.6) is 0 Å². The second-order valence-electron chi connectivity index (χ2n) is 5.47. The summed E-state index contributed by atoms with van der Waals surface area (Å²) >= 11 is 5.94. The molecule has 132 valence electrons. The summed E-state index contributed by atoms with van der Waals surface area (Å²) in [4.78, 5) is 23.2. The molecule has 1 fully saturated rings. The first kappa shape index (κ1) is 18.7. The number of hydrogen-bond acceptors (Lipinski definition) is 5. The number of benzene rings is 1.